The maximum Gasteiger partial charge on any atom is 0.0828 e. The minimum atomic E-state index is 0.165. The molecular weight excluding hydrogens is 175 g/mol. The van der Waals surface area contributed by atoms with Gasteiger partial charge in [-0.05, 0) is 0 Å². The molecular formula is C5H3Cl2N2O-. The SMILES string of the molecule is [O-]Nc1c(Cl)cncc1Cl. The third-order valence-corrected chi connectivity index (χ3v) is 1.53. The highest BCUT2D eigenvalue weighted by Crippen LogP contribution is 2.27. The van der Waals surface area contributed by atoms with Crippen molar-refractivity contribution in [1.29, 1.82) is 0 Å². The lowest BCUT2D eigenvalue weighted by Gasteiger charge is -2.11. The summed E-state index contributed by atoms with van der Waals surface area (Å²) in [4.78, 5) is 3.65. The molecule has 0 aliphatic rings. The lowest BCUT2D eigenvalue weighted by atomic mass is 10.4. The molecule has 54 valence electrons. The van der Waals surface area contributed by atoms with E-state index in [1.165, 1.54) is 12.4 Å². The average Bonchev–Trinajstić information content (AvgIpc) is 1.88. The minimum Gasteiger partial charge on any atom is -0.761 e. The summed E-state index contributed by atoms with van der Waals surface area (Å²) in [5.41, 5.74) is 1.77. The summed E-state index contributed by atoms with van der Waals surface area (Å²) in [5.74, 6) is 0. The van der Waals surface area contributed by atoms with E-state index in [1.807, 2.05) is 0 Å². The smallest absolute Gasteiger partial charge is 0.0828 e. The third kappa shape index (κ3) is 1.31. The summed E-state index contributed by atoms with van der Waals surface area (Å²) in [6.07, 6.45) is 2.68. The van der Waals surface area contributed by atoms with Gasteiger partial charge >= 0.3 is 0 Å². The van der Waals surface area contributed by atoms with Crippen molar-refractivity contribution >= 4 is 28.9 Å². The number of hydrogen-bond donors (Lipinski definition) is 1. The van der Waals surface area contributed by atoms with Crippen molar-refractivity contribution in [2.45, 2.75) is 0 Å². The van der Waals surface area contributed by atoms with Crippen LogP contribution in [0, 0.1) is 5.21 Å². The fourth-order valence-corrected chi connectivity index (χ4v) is 0.951. The second kappa shape index (κ2) is 3.05. The second-order valence-corrected chi connectivity index (χ2v) is 2.39. The van der Waals surface area contributed by atoms with Crippen LogP contribution < -0.4 is 5.48 Å². The van der Waals surface area contributed by atoms with Crippen molar-refractivity contribution in [2.24, 2.45) is 0 Å². The van der Waals surface area contributed by atoms with E-state index in [1.54, 1.807) is 5.48 Å². The molecule has 0 radical (unpaired) electrons. The molecule has 0 fully saturated rings. The number of halogens is 2. The Morgan fingerprint density at radius 2 is 1.80 bits per heavy atom. The zero-order chi connectivity index (χ0) is 7.56. The number of rotatable bonds is 1. The minimum absolute atomic E-state index is 0.165. The largest absolute Gasteiger partial charge is 0.761 e. The lowest BCUT2D eigenvalue weighted by Crippen LogP contribution is -1.88. The second-order valence-electron chi connectivity index (χ2n) is 1.58. The molecule has 0 spiro atoms. The van der Waals surface area contributed by atoms with Crippen LogP contribution in [0.25, 0.3) is 0 Å². The van der Waals surface area contributed by atoms with Crippen LogP contribution in [0.4, 0.5) is 5.69 Å². The molecule has 1 rings (SSSR count). The first-order valence-electron chi connectivity index (χ1n) is 2.43. The molecule has 1 aromatic heterocycles. The van der Waals surface area contributed by atoms with Crippen LogP contribution in [0.5, 0.6) is 0 Å². The number of anilines is 1. The van der Waals surface area contributed by atoms with Gasteiger partial charge in [-0.25, -0.2) is 0 Å². The number of nitrogens with zero attached hydrogens (tertiary/aromatic N) is 1. The van der Waals surface area contributed by atoms with Crippen molar-refractivity contribution < 1.29 is 0 Å². The Bertz CT molecular complexity index is 221. The Hall–Kier alpha value is -0.510. The summed E-state index contributed by atoms with van der Waals surface area (Å²) in [7, 11) is 0. The van der Waals surface area contributed by atoms with Gasteiger partial charge in [-0.1, -0.05) is 23.2 Å². The highest BCUT2D eigenvalue weighted by molar-refractivity contribution is 6.38. The molecule has 0 amide bonds. The maximum absolute atomic E-state index is 10.1. The first kappa shape index (κ1) is 7.60. The third-order valence-electron chi connectivity index (χ3n) is 0.955. The Balaban J connectivity index is 3.17. The zero-order valence-electron chi connectivity index (χ0n) is 4.77. The number of pyridine rings is 1. The molecule has 0 aromatic carbocycles. The number of hydrogen-bond acceptors (Lipinski definition) is 3. The van der Waals surface area contributed by atoms with E-state index in [4.69, 9.17) is 23.2 Å². The van der Waals surface area contributed by atoms with Crippen molar-refractivity contribution in [1.82, 2.24) is 4.98 Å². The zero-order valence-corrected chi connectivity index (χ0v) is 6.28. The van der Waals surface area contributed by atoms with E-state index in [-0.39, 0.29) is 15.7 Å². The fraction of sp³-hybridized carbons (Fsp3) is 0. The van der Waals surface area contributed by atoms with Crippen LogP contribution in [0.1, 0.15) is 0 Å². The first-order chi connectivity index (χ1) is 4.75. The van der Waals surface area contributed by atoms with Crippen LogP contribution in [-0.2, 0) is 0 Å². The first-order valence-corrected chi connectivity index (χ1v) is 3.18. The molecule has 1 N–H and O–H groups in total. The van der Waals surface area contributed by atoms with Gasteiger partial charge in [0.2, 0.25) is 0 Å². The van der Waals surface area contributed by atoms with Gasteiger partial charge in [0.1, 0.15) is 0 Å². The van der Waals surface area contributed by atoms with Gasteiger partial charge in [0, 0.05) is 12.4 Å². The normalized spacial score (nSPS) is 9.50. The van der Waals surface area contributed by atoms with Gasteiger partial charge in [-0.3, -0.25) is 4.98 Å². The molecule has 0 saturated carbocycles. The summed E-state index contributed by atoms with van der Waals surface area (Å²) in [5, 5.41) is 10.6. The van der Waals surface area contributed by atoms with Crippen LogP contribution in [0.2, 0.25) is 10.0 Å². The van der Waals surface area contributed by atoms with Gasteiger partial charge in [-0.15, -0.1) is 0 Å². The summed E-state index contributed by atoms with van der Waals surface area (Å²) in [6.45, 7) is 0. The lowest BCUT2D eigenvalue weighted by molar-refractivity contribution is 1.33. The van der Waals surface area contributed by atoms with Crippen molar-refractivity contribution in [3.8, 4) is 0 Å². The monoisotopic (exact) mass is 177 g/mol. The standard InChI is InChI=1S/C5H3Cl2N2O/c6-3-1-8-2-4(7)5(3)9-10/h1-2H,(H-,8,9,10)/q-1. The van der Waals surface area contributed by atoms with Crippen molar-refractivity contribution in [2.75, 3.05) is 5.48 Å². The maximum atomic E-state index is 10.1. The number of nitrogens with one attached hydrogen (secondary N) is 1. The Labute approximate surface area is 67.6 Å². The quantitative estimate of drug-likeness (QED) is 0.671. The predicted molar refractivity (Wildman–Crippen MR) is 41.2 cm³/mol. The molecule has 5 heteroatoms. The van der Waals surface area contributed by atoms with Crippen LogP contribution in [0.15, 0.2) is 12.4 Å². The Morgan fingerprint density at radius 1 is 1.30 bits per heavy atom. The molecule has 10 heavy (non-hydrogen) atoms. The molecule has 0 aliphatic heterocycles. The Morgan fingerprint density at radius 3 is 2.10 bits per heavy atom. The molecule has 3 nitrogen and oxygen atoms in total. The number of aromatic nitrogens is 1. The van der Waals surface area contributed by atoms with Gasteiger partial charge in [-0.2, -0.15) is 0 Å². The molecule has 0 atom stereocenters. The van der Waals surface area contributed by atoms with E-state index in [0.717, 1.165) is 0 Å². The van der Waals surface area contributed by atoms with Gasteiger partial charge < -0.3 is 10.7 Å². The predicted octanol–water partition coefficient (Wildman–Crippen LogP) is 2.30. The molecule has 0 unspecified atom stereocenters. The molecule has 0 bridgehead atoms. The topological polar surface area (TPSA) is 48.0 Å². The van der Waals surface area contributed by atoms with Crippen LogP contribution in [-0.4, -0.2) is 4.98 Å². The fourth-order valence-electron chi connectivity index (χ4n) is 0.509. The van der Waals surface area contributed by atoms with Crippen molar-refractivity contribution in [3.05, 3.63) is 27.6 Å². The van der Waals surface area contributed by atoms with Crippen molar-refractivity contribution in [3.63, 3.8) is 0 Å². The summed E-state index contributed by atoms with van der Waals surface area (Å²) < 4.78 is 0. The van der Waals surface area contributed by atoms with Gasteiger partial charge in [0.15, 0.2) is 0 Å². The van der Waals surface area contributed by atoms with Crippen LogP contribution in [0.3, 0.4) is 0 Å². The summed E-state index contributed by atoms with van der Waals surface area (Å²) in [6, 6.07) is 0. The van der Waals surface area contributed by atoms with E-state index in [9.17, 15) is 5.21 Å². The molecule has 0 saturated heterocycles. The van der Waals surface area contributed by atoms with E-state index in [0.29, 0.717) is 0 Å². The van der Waals surface area contributed by atoms with Gasteiger partial charge in [0.25, 0.3) is 0 Å². The summed E-state index contributed by atoms with van der Waals surface area (Å²) >= 11 is 11.0. The highest BCUT2D eigenvalue weighted by atomic mass is 35.5. The van der Waals surface area contributed by atoms with E-state index < -0.39 is 0 Å². The van der Waals surface area contributed by atoms with Crippen LogP contribution >= 0.6 is 23.2 Å². The molecule has 1 heterocycles. The van der Waals surface area contributed by atoms with E-state index in [2.05, 4.69) is 4.98 Å². The molecule has 1 aromatic rings. The van der Waals surface area contributed by atoms with Gasteiger partial charge in [0.05, 0.1) is 15.7 Å². The Kier molecular flexibility index (Phi) is 2.32. The van der Waals surface area contributed by atoms with E-state index >= 15 is 0 Å². The highest BCUT2D eigenvalue weighted by Gasteiger charge is 1.99. The molecule has 0 aliphatic carbocycles. The average molecular weight is 178 g/mol.